The van der Waals surface area contributed by atoms with Crippen LogP contribution in [0.2, 0.25) is 10.0 Å². The third-order valence-electron chi connectivity index (χ3n) is 5.08. The molecule has 0 aromatic heterocycles. The van der Waals surface area contributed by atoms with Crippen molar-refractivity contribution >= 4 is 35.0 Å². The average molecular weight is 449 g/mol. The van der Waals surface area contributed by atoms with Crippen LogP contribution in [0.1, 0.15) is 49.8 Å². The monoisotopic (exact) mass is 448 g/mol. The Kier molecular flexibility index (Phi) is 9.67. The highest BCUT2D eigenvalue weighted by Gasteiger charge is 2.29. The van der Waals surface area contributed by atoms with Crippen LogP contribution < -0.4 is 5.32 Å². The lowest BCUT2D eigenvalue weighted by Gasteiger charge is -2.31. The molecule has 4 nitrogen and oxygen atoms in total. The molecule has 0 radical (unpaired) electrons. The summed E-state index contributed by atoms with van der Waals surface area (Å²) in [5.41, 5.74) is 2.69. The SMILES string of the molecule is CCCCNC(=O)C(CC)N(Cc1c(Cl)cccc1Cl)C(=O)Cc1ccc(C)cc1. The second-order valence-electron chi connectivity index (χ2n) is 7.45. The van der Waals surface area contributed by atoms with E-state index in [2.05, 4.69) is 12.2 Å². The van der Waals surface area contributed by atoms with Crippen LogP contribution in [0.3, 0.4) is 0 Å². The molecule has 0 saturated heterocycles. The number of aryl methyl sites for hydroxylation is 1. The largest absolute Gasteiger partial charge is 0.354 e. The summed E-state index contributed by atoms with van der Waals surface area (Å²) < 4.78 is 0. The Bertz CT molecular complexity index is 833. The van der Waals surface area contributed by atoms with E-state index in [1.54, 1.807) is 23.1 Å². The number of nitrogens with zero attached hydrogens (tertiary/aromatic N) is 1. The molecule has 0 aliphatic carbocycles. The smallest absolute Gasteiger partial charge is 0.242 e. The summed E-state index contributed by atoms with van der Waals surface area (Å²) >= 11 is 12.7. The van der Waals surface area contributed by atoms with Gasteiger partial charge < -0.3 is 10.2 Å². The molecule has 1 unspecified atom stereocenters. The highest BCUT2D eigenvalue weighted by atomic mass is 35.5. The molecule has 0 heterocycles. The minimum atomic E-state index is -0.591. The molecule has 0 aliphatic rings. The first-order valence-electron chi connectivity index (χ1n) is 10.4. The molecule has 2 aromatic carbocycles. The third-order valence-corrected chi connectivity index (χ3v) is 5.79. The van der Waals surface area contributed by atoms with E-state index in [9.17, 15) is 9.59 Å². The van der Waals surface area contributed by atoms with Crippen LogP contribution in [-0.4, -0.2) is 29.3 Å². The van der Waals surface area contributed by atoms with Gasteiger partial charge in [0.05, 0.1) is 6.42 Å². The topological polar surface area (TPSA) is 49.4 Å². The van der Waals surface area contributed by atoms with Gasteiger partial charge in [-0.15, -0.1) is 0 Å². The van der Waals surface area contributed by atoms with Crippen molar-refractivity contribution in [2.45, 2.75) is 59.0 Å². The molecule has 0 saturated carbocycles. The fourth-order valence-electron chi connectivity index (χ4n) is 3.26. The number of unbranched alkanes of at least 4 members (excludes halogenated alkanes) is 1. The van der Waals surface area contributed by atoms with Crippen LogP contribution in [0.15, 0.2) is 42.5 Å². The lowest BCUT2D eigenvalue weighted by Crippen LogP contribution is -2.49. The molecule has 30 heavy (non-hydrogen) atoms. The number of nitrogens with one attached hydrogen (secondary N) is 1. The van der Waals surface area contributed by atoms with Gasteiger partial charge in [0, 0.05) is 28.7 Å². The van der Waals surface area contributed by atoms with Crippen LogP contribution >= 0.6 is 23.2 Å². The lowest BCUT2D eigenvalue weighted by molar-refractivity contribution is -0.140. The Labute approximate surface area is 189 Å². The van der Waals surface area contributed by atoms with E-state index in [1.165, 1.54) is 0 Å². The van der Waals surface area contributed by atoms with E-state index in [0.717, 1.165) is 24.0 Å². The summed E-state index contributed by atoms with van der Waals surface area (Å²) in [7, 11) is 0. The van der Waals surface area contributed by atoms with Crippen molar-refractivity contribution in [3.05, 3.63) is 69.2 Å². The fraction of sp³-hybridized carbons (Fsp3) is 0.417. The zero-order valence-electron chi connectivity index (χ0n) is 17.9. The second kappa shape index (κ2) is 12.0. The zero-order chi connectivity index (χ0) is 22.1. The second-order valence-corrected chi connectivity index (χ2v) is 8.27. The summed E-state index contributed by atoms with van der Waals surface area (Å²) in [4.78, 5) is 27.8. The molecule has 1 atom stereocenters. The summed E-state index contributed by atoms with van der Waals surface area (Å²) in [6, 6.07) is 12.5. The molecule has 2 amide bonds. The summed E-state index contributed by atoms with van der Waals surface area (Å²) in [5.74, 6) is -0.279. The van der Waals surface area contributed by atoms with E-state index in [1.807, 2.05) is 38.1 Å². The first-order valence-corrected chi connectivity index (χ1v) is 11.2. The average Bonchev–Trinajstić information content (AvgIpc) is 2.71. The van der Waals surface area contributed by atoms with Gasteiger partial charge in [-0.25, -0.2) is 0 Å². The quantitative estimate of drug-likeness (QED) is 0.483. The molecule has 1 N–H and O–H groups in total. The number of carbonyl (C=O) groups is 2. The normalized spacial score (nSPS) is 11.8. The highest BCUT2D eigenvalue weighted by molar-refractivity contribution is 6.36. The number of halogens is 2. The van der Waals surface area contributed by atoms with Crippen LogP contribution in [0, 0.1) is 6.92 Å². The van der Waals surface area contributed by atoms with Crippen LogP contribution in [0.4, 0.5) is 0 Å². The maximum absolute atomic E-state index is 13.3. The van der Waals surface area contributed by atoms with Gasteiger partial charge in [0.25, 0.3) is 0 Å². The Hall–Kier alpha value is -2.04. The number of amides is 2. The number of hydrogen-bond acceptors (Lipinski definition) is 2. The van der Waals surface area contributed by atoms with E-state index in [0.29, 0.717) is 28.6 Å². The molecule has 0 aliphatic heterocycles. The lowest BCUT2D eigenvalue weighted by atomic mass is 10.1. The molecule has 162 valence electrons. The zero-order valence-corrected chi connectivity index (χ0v) is 19.4. The van der Waals surface area contributed by atoms with Crippen molar-refractivity contribution in [3.63, 3.8) is 0 Å². The molecule has 0 fully saturated rings. The van der Waals surface area contributed by atoms with Crippen molar-refractivity contribution in [1.29, 1.82) is 0 Å². The van der Waals surface area contributed by atoms with Gasteiger partial charge in [0.2, 0.25) is 11.8 Å². The molecular formula is C24H30Cl2N2O2. The molecule has 2 rings (SSSR count). The Balaban J connectivity index is 2.30. The predicted octanol–water partition coefficient (Wildman–Crippen LogP) is 5.57. The van der Waals surface area contributed by atoms with Crippen molar-refractivity contribution in [2.24, 2.45) is 0 Å². The molecule has 2 aromatic rings. The van der Waals surface area contributed by atoms with Crippen molar-refractivity contribution in [1.82, 2.24) is 10.2 Å². The van der Waals surface area contributed by atoms with Gasteiger partial charge in [-0.2, -0.15) is 0 Å². The van der Waals surface area contributed by atoms with Gasteiger partial charge in [0.1, 0.15) is 6.04 Å². The van der Waals surface area contributed by atoms with Gasteiger partial charge in [-0.1, -0.05) is 79.4 Å². The number of hydrogen-bond donors (Lipinski definition) is 1. The predicted molar refractivity (Wildman–Crippen MR) is 124 cm³/mol. The Morgan fingerprint density at radius 1 is 1.03 bits per heavy atom. The van der Waals surface area contributed by atoms with Crippen molar-refractivity contribution < 1.29 is 9.59 Å². The van der Waals surface area contributed by atoms with Crippen LogP contribution in [-0.2, 0) is 22.6 Å². The number of rotatable bonds is 10. The first-order chi connectivity index (χ1) is 14.4. The number of benzene rings is 2. The number of carbonyl (C=O) groups excluding carboxylic acids is 2. The van der Waals surface area contributed by atoms with E-state index in [-0.39, 0.29) is 24.8 Å². The van der Waals surface area contributed by atoms with Gasteiger partial charge >= 0.3 is 0 Å². The Morgan fingerprint density at radius 3 is 2.23 bits per heavy atom. The molecular weight excluding hydrogens is 419 g/mol. The summed E-state index contributed by atoms with van der Waals surface area (Å²) in [6.45, 7) is 6.76. The third kappa shape index (κ3) is 6.75. The van der Waals surface area contributed by atoms with Crippen molar-refractivity contribution in [2.75, 3.05) is 6.54 Å². The van der Waals surface area contributed by atoms with Crippen LogP contribution in [0.25, 0.3) is 0 Å². The van der Waals surface area contributed by atoms with E-state index in [4.69, 9.17) is 23.2 Å². The first kappa shape index (κ1) is 24.2. The molecule has 0 bridgehead atoms. The van der Waals surface area contributed by atoms with Gasteiger partial charge in [0.15, 0.2) is 0 Å². The summed E-state index contributed by atoms with van der Waals surface area (Å²) in [6.07, 6.45) is 2.60. The van der Waals surface area contributed by atoms with E-state index >= 15 is 0 Å². The highest BCUT2D eigenvalue weighted by Crippen LogP contribution is 2.27. The summed E-state index contributed by atoms with van der Waals surface area (Å²) in [5, 5.41) is 3.92. The van der Waals surface area contributed by atoms with E-state index < -0.39 is 6.04 Å². The minimum absolute atomic E-state index is 0.132. The van der Waals surface area contributed by atoms with Gasteiger partial charge in [-0.3, -0.25) is 9.59 Å². The molecule has 6 heteroatoms. The Morgan fingerprint density at radius 2 is 1.67 bits per heavy atom. The minimum Gasteiger partial charge on any atom is -0.354 e. The maximum Gasteiger partial charge on any atom is 0.242 e. The standard InChI is InChI=1S/C24H30Cl2N2O2/c1-4-6-14-27-24(30)22(5-2)28(16-19-20(25)8-7-9-21(19)26)23(29)15-18-12-10-17(3)11-13-18/h7-13,22H,4-6,14-16H2,1-3H3,(H,27,30). The molecule has 0 spiro atoms. The fourth-order valence-corrected chi connectivity index (χ4v) is 3.78. The van der Waals surface area contributed by atoms with Gasteiger partial charge in [-0.05, 0) is 37.5 Å². The maximum atomic E-state index is 13.3. The van der Waals surface area contributed by atoms with Crippen LogP contribution in [0.5, 0.6) is 0 Å². The van der Waals surface area contributed by atoms with Crippen molar-refractivity contribution in [3.8, 4) is 0 Å².